The predicted octanol–water partition coefficient (Wildman–Crippen LogP) is 1.52. The molecule has 5 nitrogen and oxygen atoms in total. The van der Waals surface area contributed by atoms with E-state index in [-0.39, 0.29) is 18.2 Å². The van der Waals surface area contributed by atoms with Crippen molar-refractivity contribution < 1.29 is 23.5 Å². The zero-order chi connectivity index (χ0) is 16.3. The molecule has 2 unspecified atom stereocenters. The van der Waals surface area contributed by atoms with Gasteiger partial charge in [0.2, 0.25) is 0 Å². The molecule has 1 fully saturated rings. The predicted molar refractivity (Wildman–Crippen MR) is 76.0 cm³/mol. The van der Waals surface area contributed by atoms with Crippen LogP contribution in [0.5, 0.6) is 0 Å². The molecule has 0 bridgehead atoms. The Morgan fingerprint density at radius 2 is 2.09 bits per heavy atom. The number of benzene rings is 1. The fourth-order valence-electron chi connectivity index (χ4n) is 2.61. The Labute approximate surface area is 126 Å². The van der Waals surface area contributed by atoms with Crippen molar-refractivity contribution in [2.75, 3.05) is 18.9 Å². The van der Waals surface area contributed by atoms with Crippen molar-refractivity contribution in [3.05, 3.63) is 29.8 Å². The van der Waals surface area contributed by atoms with Crippen LogP contribution < -0.4 is 5.32 Å². The molecule has 1 aromatic rings. The third kappa shape index (κ3) is 3.79. The lowest BCUT2D eigenvalue weighted by Gasteiger charge is -2.22. The van der Waals surface area contributed by atoms with Crippen LogP contribution in [0, 0.1) is 17.6 Å². The van der Waals surface area contributed by atoms with Crippen LogP contribution in [0.1, 0.15) is 19.3 Å². The molecule has 0 aliphatic heterocycles. The average molecular weight is 312 g/mol. The molecule has 2 atom stereocenters. The number of anilines is 1. The van der Waals surface area contributed by atoms with E-state index in [0.717, 1.165) is 31.0 Å². The molecule has 2 rings (SSSR count). The summed E-state index contributed by atoms with van der Waals surface area (Å²) in [6.07, 6.45) is 1.89. The summed E-state index contributed by atoms with van der Waals surface area (Å²) in [5.41, 5.74) is -0.382. The van der Waals surface area contributed by atoms with E-state index in [1.807, 2.05) is 0 Å². The summed E-state index contributed by atoms with van der Waals surface area (Å²) in [7, 11) is 1.44. The number of nitrogens with zero attached hydrogens (tertiary/aromatic N) is 1. The van der Waals surface area contributed by atoms with Gasteiger partial charge in [-0.15, -0.1) is 0 Å². The molecule has 0 saturated heterocycles. The van der Waals surface area contributed by atoms with Gasteiger partial charge in [0.1, 0.15) is 11.6 Å². The zero-order valence-electron chi connectivity index (χ0n) is 12.2. The number of carbonyl (C=O) groups is 2. The lowest BCUT2D eigenvalue weighted by atomic mass is 10.1. The van der Waals surface area contributed by atoms with Crippen molar-refractivity contribution in [1.29, 1.82) is 0 Å². The third-order valence-corrected chi connectivity index (χ3v) is 3.84. The number of hydrogen-bond donors (Lipinski definition) is 2. The number of hydrogen-bond acceptors (Lipinski definition) is 3. The fraction of sp³-hybridized carbons (Fsp3) is 0.467. The monoisotopic (exact) mass is 312 g/mol. The SMILES string of the molecule is CN(CC1CCCC1O)C(=O)C(=O)Nc1cc(F)ccc1F. The van der Waals surface area contributed by atoms with E-state index in [0.29, 0.717) is 6.42 Å². The summed E-state index contributed by atoms with van der Waals surface area (Å²) >= 11 is 0. The molecule has 0 spiro atoms. The van der Waals surface area contributed by atoms with Crippen LogP contribution in [-0.4, -0.2) is 41.5 Å². The minimum absolute atomic E-state index is 0.0624. The molecule has 0 heterocycles. The van der Waals surface area contributed by atoms with Gasteiger partial charge < -0.3 is 15.3 Å². The topological polar surface area (TPSA) is 69.6 Å². The van der Waals surface area contributed by atoms with Gasteiger partial charge in [0.15, 0.2) is 0 Å². The minimum Gasteiger partial charge on any atom is -0.393 e. The van der Waals surface area contributed by atoms with E-state index < -0.39 is 29.6 Å². The van der Waals surface area contributed by atoms with E-state index >= 15 is 0 Å². The second-order valence-corrected chi connectivity index (χ2v) is 5.52. The van der Waals surface area contributed by atoms with Crippen LogP contribution in [0.3, 0.4) is 0 Å². The summed E-state index contributed by atoms with van der Waals surface area (Å²) < 4.78 is 26.5. The molecular weight excluding hydrogens is 294 g/mol. The molecule has 2 N–H and O–H groups in total. The number of aliphatic hydroxyl groups excluding tert-OH is 1. The number of likely N-dealkylation sites (N-methyl/N-ethyl adjacent to an activating group) is 1. The zero-order valence-corrected chi connectivity index (χ0v) is 12.2. The average Bonchev–Trinajstić information content (AvgIpc) is 2.87. The Morgan fingerprint density at radius 1 is 1.36 bits per heavy atom. The number of amides is 2. The Morgan fingerprint density at radius 3 is 2.73 bits per heavy atom. The summed E-state index contributed by atoms with van der Waals surface area (Å²) in [6.45, 7) is 0.249. The number of carbonyl (C=O) groups excluding carboxylic acids is 2. The number of aliphatic hydroxyl groups is 1. The molecule has 1 aliphatic carbocycles. The first-order valence-corrected chi connectivity index (χ1v) is 7.08. The standard InChI is InChI=1S/C15H18F2N2O3/c1-19(8-9-3-2-4-13(9)20)15(22)14(21)18-12-7-10(16)5-6-11(12)17/h5-7,9,13,20H,2-4,8H2,1H3,(H,18,21). The Bertz CT molecular complexity index is 580. The van der Waals surface area contributed by atoms with Gasteiger partial charge in [0, 0.05) is 25.6 Å². The molecule has 1 saturated carbocycles. The van der Waals surface area contributed by atoms with Gasteiger partial charge in [-0.1, -0.05) is 6.42 Å². The first-order valence-electron chi connectivity index (χ1n) is 7.08. The smallest absolute Gasteiger partial charge is 0.313 e. The van der Waals surface area contributed by atoms with Crippen LogP contribution in [-0.2, 0) is 9.59 Å². The van der Waals surface area contributed by atoms with Crippen LogP contribution in [0.4, 0.5) is 14.5 Å². The van der Waals surface area contributed by atoms with E-state index in [1.54, 1.807) is 0 Å². The highest BCUT2D eigenvalue weighted by Gasteiger charge is 2.29. The quantitative estimate of drug-likeness (QED) is 0.832. The van der Waals surface area contributed by atoms with Gasteiger partial charge in [-0.25, -0.2) is 8.78 Å². The van der Waals surface area contributed by atoms with E-state index in [4.69, 9.17) is 0 Å². The molecular formula is C15H18F2N2O3. The molecule has 1 aliphatic rings. The van der Waals surface area contributed by atoms with Crippen molar-refractivity contribution in [3.8, 4) is 0 Å². The molecule has 22 heavy (non-hydrogen) atoms. The lowest BCUT2D eigenvalue weighted by Crippen LogP contribution is -2.41. The lowest BCUT2D eigenvalue weighted by molar-refractivity contribution is -0.142. The van der Waals surface area contributed by atoms with Crippen LogP contribution >= 0.6 is 0 Å². The molecule has 1 aromatic carbocycles. The summed E-state index contributed by atoms with van der Waals surface area (Å²) in [4.78, 5) is 25.0. The summed E-state index contributed by atoms with van der Waals surface area (Å²) in [6, 6.07) is 2.59. The van der Waals surface area contributed by atoms with Crippen molar-refractivity contribution in [3.63, 3.8) is 0 Å². The Balaban J connectivity index is 1.96. The van der Waals surface area contributed by atoms with Gasteiger partial charge in [-0.3, -0.25) is 9.59 Å². The van der Waals surface area contributed by atoms with Crippen LogP contribution in [0.15, 0.2) is 18.2 Å². The number of rotatable bonds is 3. The summed E-state index contributed by atoms with van der Waals surface area (Å²) in [5, 5.41) is 11.8. The molecule has 0 radical (unpaired) electrons. The number of halogens is 2. The second kappa shape index (κ2) is 6.83. The number of nitrogens with one attached hydrogen (secondary N) is 1. The second-order valence-electron chi connectivity index (χ2n) is 5.52. The van der Waals surface area contributed by atoms with Gasteiger partial charge in [-0.05, 0) is 25.0 Å². The van der Waals surface area contributed by atoms with Crippen LogP contribution in [0.25, 0.3) is 0 Å². The van der Waals surface area contributed by atoms with Gasteiger partial charge in [0.05, 0.1) is 11.8 Å². The highest BCUT2D eigenvalue weighted by Crippen LogP contribution is 2.26. The Hall–Kier alpha value is -2.02. The molecule has 2 amide bonds. The Kier molecular flexibility index (Phi) is 5.07. The van der Waals surface area contributed by atoms with E-state index in [2.05, 4.69) is 5.32 Å². The van der Waals surface area contributed by atoms with Gasteiger partial charge in [0.25, 0.3) is 0 Å². The maximum atomic E-state index is 13.4. The molecule has 0 aromatic heterocycles. The maximum Gasteiger partial charge on any atom is 0.313 e. The highest BCUT2D eigenvalue weighted by molar-refractivity contribution is 6.39. The first-order chi connectivity index (χ1) is 10.4. The highest BCUT2D eigenvalue weighted by atomic mass is 19.1. The third-order valence-electron chi connectivity index (χ3n) is 3.84. The van der Waals surface area contributed by atoms with Gasteiger partial charge in [-0.2, -0.15) is 0 Å². The summed E-state index contributed by atoms with van der Waals surface area (Å²) in [5.74, 6) is -3.50. The van der Waals surface area contributed by atoms with E-state index in [1.165, 1.54) is 11.9 Å². The normalized spacial score (nSPS) is 20.7. The largest absolute Gasteiger partial charge is 0.393 e. The minimum atomic E-state index is -1.04. The van der Waals surface area contributed by atoms with Gasteiger partial charge >= 0.3 is 11.8 Å². The van der Waals surface area contributed by atoms with Crippen LogP contribution in [0.2, 0.25) is 0 Å². The fourth-order valence-corrected chi connectivity index (χ4v) is 2.61. The molecule has 7 heteroatoms. The van der Waals surface area contributed by atoms with Crippen molar-refractivity contribution in [2.45, 2.75) is 25.4 Å². The van der Waals surface area contributed by atoms with Crippen molar-refractivity contribution in [2.24, 2.45) is 5.92 Å². The first kappa shape index (κ1) is 16.4. The molecule has 120 valence electrons. The maximum absolute atomic E-state index is 13.4. The van der Waals surface area contributed by atoms with E-state index in [9.17, 15) is 23.5 Å². The van der Waals surface area contributed by atoms with Crippen molar-refractivity contribution >= 4 is 17.5 Å². The van der Waals surface area contributed by atoms with Crippen molar-refractivity contribution in [1.82, 2.24) is 4.90 Å².